The van der Waals surface area contributed by atoms with E-state index in [1.165, 1.54) is 35.3 Å². The van der Waals surface area contributed by atoms with Crippen molar-refractivity contribution in [1.29, 1.82) is 0 Å². The van der Waals surface area contributed by atoms with E-state index in [1.54, 1.807) is 5.57 Å². The fourth-order valence-corrected chi connectivity index (χ4v) is 6.56. The van der Waals surface area contributed by atoms with Gasteiger partial charge in [0.1, 0.15) is 5.60 Å². The number of allylic oxidation sites excluding steroid dienone is 5. The molecule has 0 aromatic heterocycles. The molecule has 3 aliphatic carbocycles. The van der Waals surface area contributed by atoms with Gasteiger partial charge < -0.3 is 10.0 Å². The highest BCUT2D eigenvalue weighted by molar-refractivity contribution is 5.56. The lowest BCUT2D eigenvalue weighted by molar-refractivity contribution is -0.0126. The van der Waals surface area contributed by atoms with Crippen LogP contribution in [0.15, 0.2) is 88.7 Å². The number of aliphatic hydroxyl groups is 1. The summed E-state index contributed by atoms with van der Waals surface area (Å²) < 4.78 is 0. The van der Waals surface area contributed by atoms with Gasteiger partial charge in [0, 0.05) is 37.0 Å². The van der Waals surface area contributed by atoms with Crippen molar-refractivity contribution in [3.8, 4) is 0 Å². The highest BCUT2D eigenvalue weighted by Crippen LogP contribution is 2.55. The number of hydrogen-bond donors (Lipinski definition) is 1. The lowest BCUT2D eigenvalue weighted by Crippen LogP contribution is -2.39. The summed E-state index contributed by atoms with van der Waals surface area (Å²) in [5.74, 6) is 0.691. The van der Waals surface area contributed by atoms with Crippen LogP contribution in [0.3, 0.4) is 0 Å². The highest BCUT2D eigenvalue weighted by atomic mass is 16.3. The van der Waals surface area contributed by atoms with Crippen LogP contribution in [0.25, 0.3) is 0 Å². The SMILES string of the molecule is OC1(c2ccccc2)CC2=C3C(=C4C=CCCC41)CN1CC=CC=C1C3CCC2. The van der Waals surface area contributed by atoms with Crippen molar-refractivity contribution in [2.24, 2.45) is 11.8 Å². The van der Waals surface area contributed by atoms with E-state index in [1.807, 2.05) is 0 Å². The van der Waals surface area contributed by atoms with E-state index in [0.29, 0.717) is 5.92 Å². The van der Waals surface area contributed by atoms with E-state index in [2.05, 4.69) is 65.6 Å². The van der Waals surface area contributed by atoms with Gasteiger partial charge in [-0.3, -0.25) is 0 Å². The Bertz CT molecular complexity index is 993. The Hall–Kier alpha value is -2.32. The van der Waals surface area contributed by atoms with Crippen LogP contribution in [0.5, 0.6) is 0 Å². The van der Waals surface area contributed by atoms with Crippen LogP contribution in [-0.2, 0) is 5.60 Å². The van der Waals surface area contributed by atoms with Crippen LogP contribution in [0.2, 0.25) is 0 Å². The van der Waals surface area contributed by atoms with Gasteiger partial charge in [0.25, 0.3) is 0 Å². The molecule has 148 valence electrons. The van der Waals surface area contributed by atoms with Crippen molar-refractivity contribution >= 4 is 0 Å². The lowest BCUT2D eigenvalue weighted by atomic mass is 9.70. The molecule has 1 aromatic rings. The molecule has 3 unspecified atom stereocenters. The Labute approximate surface area is 173 Å². The normalized spacial score (nSPS) is 33.0. The van der Waals surface area contributed by atoms with Gasteiger partial charge in [0.2, 0.25) is 0 Å². The number of fused-ring (bicyclic) bond motifs is 3. The number of benzene rings is 1. The van der Waals surface area contributed by atoms with E-state index in [0.717, 1.165) is 44.3 Å². The smallest absolute Gasteiger partial charge is 0.100 e. The number of rotatable bonds is 1. The highest BCUT2D eigenvalue weighted by Gasteiger charge is 2.48. The summed E-state index contributed by atoms with van der Waals surface area (Å²) in [7, 11) is 0. The maximum absolute atomic E-state index is 12.3. The summed E-state index contributed by atoms with van der Waals surface area (Å²) >= 11 is 0. The van der Waals surface area contributed by atoms with Crippen LogP contribution >= 0.6 is 0 Å². The topological polar surface area (TPSA) is 23.5 Å². The molecule has 0 amide bonds. The Kier molecular flexibility index (Phi) is 3.99. The average molecular weight is 384 g/mol. The van der Waals surface area contributed by atoms with E-state index in [9.17, 15) is 5.11 Å². The van der Waals surface area contributed by atoms with Gasteiger partial charge >= 0.3 is 0 Å². The van der Waals surface area contributed by atoms with E-state index in [4.69, 9.17) is 0 Å². The van der Waals surface area contributed by atoms with Crippen LogP contribution in [-0.4, -0.2) is 23.1 Å². The van der Waals surface area contributed by atoms with Gasteiger partial charge in [-0.1, -0.05) is 60.2 Å². The molecule has 0 spiro atoms. The van der Waals surface area contributed by atoms with E-state index >= 15 is 0 Å². The van der Waals surface area contributed by atoms with Crippen molar-refractivity contribution < 1.29 is 5.11 Å². The van der Waals surface area contributed by atoms with Crippen molar-refractivity contribution in [2.75, 3.05) is 13.1 Å². The Morgan fingerprint density at radius 1 is 1.07 bits per heavy atom. The summed E-state index contributed by atoms with van der Waals surface area (Å²) in [6.45, 7) is 2.01. The molecule has 0 radical (unpaired) electrons. The molecule has 1 saturated heterocycles. The first-order valence-electron chi connectivity index (χ1n) is 11.3. The first kappa shape index (κ1) is 17.5. The number of hydrogen-bond acceptors (Lipinski definition) is 2. The predicted octanol–water partition coefficient (Wildman–Crippen LogP) is 5.41. The first-order chi connectivity index (χ1) is 14.3. The van der Waals surface area contributed by atoms with Crippen molar-refractivity contribution in [3.63, 3.8) is 0 Å². The third-order valence-corrected chi connectivity index (χ3v) is 7.80. The maximum Gasteiger partial charge on any atom is 0.100 e. The van der Waals surface area contributed by atoms with Crippen molar-refractivity contribution in [2.45, 2.75) is 44.1 Å². The standard InChI is InChI=1S/C27H29NO/c29-27(20-10-2-1-3-11-20)17-19-9-8-13-22-25-15-6-7-16-28(25)18-23(26(19)22)21-12-4-5-14-24(21)27/h1-4,6-7,10-12,15,22,24,29H,5,8-9,13-14,16-18H2. The summed E-state index contributed by atoms with van der Waals surface area (Å²) in [4.78, 5) is 2.58. The largest absolute Gasteiger partial charge is 0.384 e. The van der Waals surface area contributed by atoms with Crippen LogP contribution in [0.4, 0.5) is 0 Å². The molecule has 1 fully saturated rings. The fourth-order valence-electron chi connectivity index (χ4n) is 6.56. The quantitative estimate of drug-likeness (QED) is 0.701. The van der Waals surface area contributed by atoms with Gasteiger partial charge in [0.05, 0.1) is 0 Å². The molecular weight excluding hydrogens is 354 g/mol. The molecule has 2 nitrogen and oxygen atoms in total. The molecule has 1 aromatic carbocycles. The number of nitrogens with zero attached hydrogens (tertiary/aromatic N) is 1. The second kappa shape index (κ2) is 6.60. The van der Waals surface area contributed by atoms with Crippen molar-refractivity contribution in [3.05, 3.63) is 94.3 Å². The molecule has 0 bridgehead atoms. The summed E-state index contributed by atoms with van der Waals surface area (Å²) in [5, 5.41) is 12.3. The molecule has 2 heterocycles. The predicted molar refractivity (Wildman–Crippen MR) is 117 cm³/mol. The molecule has 1 N–H and O–H groups in total. The summed E-state index contributed by atoms with van der Waals surface area (Å²) in [6.07, 6.45) is 18.0. The minimum atomic E-state index is -0.803. The lowest BCUT2D eigenvalue weighted by Gasteiger charge is -2.44. The molecule has 5 aliphatic rings. The van der Waals surface area contributed by atoms with Gasteiger partial charge in [-0.15, -0.1) is 0 Å². The summed E-state index contributed by atoms with van der Waals surface area (Å²) in [5.41, 5.74) is 7.85. The molecule has 2 aliphatic heterocycles. The fraction of sp³-hybridized carbons (Fsp3) is 0.407. The zero-order valence-corrected chi connectivity index (χ0v) is 17.0. The third-order valence-electron chi connectivity index (χ3n) is 7.80. The molecule has 2 heteroatoms. The Balaban J connectivity index is 1.59. The monoisotopic (exact) mass is 383 g/mol. The van der Waals surface area contributed by atoms with Crippen LogP contribution in [0.1, 0.15) is 44.1 Å². The molecule has 29 heavy (non-hydrogen) atoms. The van der Waals surface area contributed by atoms with Crippen LogP contribution < -0.4 is 0 Å². The zero-order valence-electron chi connectivity index (χ0n) is 17.0. The van der Waals surface area contributed by atoms with Gasteiger partial charge in [-0.2, -0.15) is 0 Å². The van der Waals surface area contributed by atoms with E-state index in [-0.39, 0.29) is 5.92 Å². The Morgan fingerprint density at radius 2 is 1.97 bits per heavy atom. The second-order valence-electron chi connectivity index (χ2n) is 9.30. The van der Waals surface area contributed by atoms with Crippen LogP contribution in [0, 0.1) is 11.8 Å². The number of piperidine rings is 1. The zero-order chi connectivity index (χ0) is 19.4. The molecule has 0 saturated carbocycles. The first-order valence-corrected chi connectivity index (χ1v) is 11.3. The molecule has 3 atom stereocenters. The van der Waals surface area contributed by atoms with Gasteiger partial charge in [-0.05, 0) is 60.5 Å². The minimum absolute atomic E-state index is 0.182. The van der Waals surface area contributed by atoms with Crippen molar-refractivity contribution in [1.82, 2.24) is 4.90 Å². The second-order valence-corrected chi connectivity index (χ2v) is 9.30. The minimum Gasteiger partial charge on any atom is -0.384 e. The Morgan fingerprint density at radius 3 is 2.86 bits per heavy atom. The third kappa shape index (κ3) is 2.58. The van der Waals surface area contributed by atoms with Gasteiger partial charge in [0.15, 0.2) is 0 Å². The maximum atomic E-state index is 12.3. The molecular formula is C27H29NO. The average Bonchev–Trinajstić information content (AvgIpc) is 2.89. The summed E-state index contributed by atoms with van der Waals surface area (Å²) in [6, 6.07) is 10.5. The molecule has 6 rings (SSSR count). The van der Waals surface area contributed by atoms with E-state index < -0.39 is 5.60 Å². The van der Waals surface area contributed by atoms with Gasteiger partial charge in [-0.25, -0.2) is 0 Å².